The van der Waals surface area contributed by atoms with E-state index in [2.05, 4.69) is 25.5 Å². The third-order valence-corrected chi connectivity index (χ3v) is 3.19. The van der Waals surface area contributed by atoms with Crippen molar-refractivity contribution in [3.63, 3.8) is 0 Å². The summed E-state index contributed by atoms with van der Waals surface area (Å²) in [7, 11) is 1.63. The zero-order chi connectivity index (χ0) is 16.6. The SMILES string of the molecule is C/C(=N\Nc1nc2cc(F)c(F)cc2n1C)c1ncc(F)cn1. The van der Waals surface area contributed by atoms with Gasteiger partial charge in [-0.15, -0.1) is 0 Å². The fourth-order valence-electron chi connectivity index (χ4n) is 1.97. The summed E-state index contributed by atoms with van der Waals surface area (Å²) in [6, 6.07) is 2.07. The fraction of sp³-hybridized carbons (Fsp3) is 0.143. The van der Waals surface area contributed by atoms with Crippen LogP contribution in [0, 0.1) is 17.5 Å². The largest absolute Gasteiger partial charge is 0.312 e. The topological polar surface area (TPSA) is 68.0 Å². The van der Waals surface area contributed by atoms with Crippen LogP contribution in [-0.4, -0.2) is 25.2 Å². The Kier molecular flexibility index (Phi) is 3.68. The van der Waals surface area contributed by atoms with Gasteiger partial charge in [-0.05, 0) is 6.92 Å². The predicted molar refractivity (Wildman–Crippen MR) is 78.5 cm³/mol. The molecule has 9 heteroatoms. The number of halogens is 3. The standard InChI is InChI=1S/C14H11F3N6/c1-7(13-18-5-8(15)6-19-13)21-22-14-20-11-3-9(16)10(17)4-12(11)23(14)2/h3-6H,1-2H3,(H,20,22)/b21-7+. The summed E-state index contributed by atoms with van der Waals surface area (Å²) < 4.78 is 40.8. The predicted octanol–water partition coefficient (Wildman–Crippen LogP) is 2.62. The molecule has 0 radical (unpaired) electrons. The highest BCUT2D eigenvalue weighted by Gasteiger charge is 2.12. The lowest BCUT2D eigenvalue weighted by molar-refractivity contribution is 0.510. The van der Waals surface area contributed by atoms with Gasteiger partial charge in [0.15, 0.2) is 23.3 Å². The van der Waals surface area contributed by atoms with Crippen molar-refractivity contribution in [1.29, 1.82) is 0 Å². The molecule has 0 unspecified atom stereocenters. The maximum atomic E-state index is 13.3. The average Bonchev–Trinajstić information content (AvgIpc) is 2.82. The minimum absolute atomic E-state index is 0.245. The fourth-order valence-corrected chi connectivity index (χ4v) is 1.97. The first-order valence-electron chi connectivity index (χ1n) is 6.55. The molecule has 3 aromatic rings. The zero-order valence-electron chi connectivity index (χ0n) is 12.2. The monoisotopic (exact) mass is 320 g/mol. The molecule has 0 aliphatic heterocycles. The van der Waals surface area contributed by atoms with Gasteiger partial charge < -0.3 is 4.57 Å². The van der Waals surface area contributed by atoms with E-state index in [9.17, 15) is 13.2 Å². The molecule has 0 aliphatic rings. The van der Waals surface area contributed by atoms with Crippen LogP contribution in [0.2, 0.25) is 0 Å². The average molecular weight is 320 g/mol. The summed E-state index contributed by atoms with van der Waals surface area (Å²) >= 11 is 0. The number of nitrogens with one attached hydrogen (secondary N) is 1. The van der Waals surface area contributed by atoms with Gasteiger partial charge in [-0.3, -0.25) is 0 Å². The molecule has 0 saturated carbocycles. The number of hydrogen-bond acceptors (Lipinski definition) is 5. The molecule has 0 aliphatic carbocycles. The van der Waals surface area contributed by atoms with Crippen LogP contribution in [0.1, 0.15) is 12.7 Å². The van der Waals surface area contributed by atoms with Gasteiger partial charge in [0.2, 0.25) is 5.95 Å². The van der Waals surface area contributed by atoms with Crippen LogP contribution in [0.4, 0.5) is 19.1 Å². The van der Waals surface area contributed by atoms with E-state index in [1.807, 2.05) is 0 Å². The number of aryl methyl sites for hydroxylation is 1. The molecule has 2 aromatic heterocycles. The maximum absolute atomic E-state index is 13.3. The molecule has 0 amide bonds. The van der Waals surface area contributed by atoms with Gasteiger partial charge in [0, 0.05) is 19.2 Å². The molecule has 1 N–H and O–H groups in total. The summed E-state index contributed by atoms with van der Waals surface area (Å²) in [6.45, 7) is 1.63. The van der Waals surface area contributed by atoms with Crippen molar-refractivity contribution in [3.05, 3.63) is 47.8 Å². The molecule has 2 heterocycles. The Hall–Kier alpha value is -2.97. The lowest BCUT2D eigenvalue weighted by atomic mass is 10.3. The Balaban J connectivity index is 1.90. The molecular formula is C14H11F3N6. The van der Waals surface area contributed by atoms with Crippen LogP contribution in [0.5, 0.6) is 0 Å². The number of imidazole rings is 1. The Bertz CT molecular complexity index is 901. The van der Waals surface area contributed by atoms with Crippen LogP contribution >= 0.6 is 0 Å². The molecule has 0 spiro atoms. The quantitative estimate of drug-likeness (QED) is 0.595. The van der Waals surface area contributed by atoms with Crippen molar-refractivity contribution >= 4 is 22.7 Å². The van der Waals surface area contributed by atoms with Gasteiger partial charge in [-0.2, -0.15) is 5.10 Å². The lowest BCUT2D eigenvalue weighted by Crippen LogP contribution is -2.07. The van der Waals surface area contributed by atoms with Crippen molar-refractivity contribution in [2.24, 2.45) is 12.1 Å². The first-order chi connectivity index (χ1) is 11.0. The number of nitrogens with zero attached hydrogens (tertiary/aromatic N) is 5. The number of fused-ring (bicyclic) bond motifs is 1. The first kappa shape index (κ1) is 14.9. The summed E-state index contributed by atoms with van der Waals surface area (Å²) in [5.74, 6) is -1.94. The number of aromatic nitrogens is 4. The molecule has 0 atom stereocenters. The third kappa shape index (κ3) is 2.85. The van der Waals surface area contributed by atoms with Gasteiger partial charge >= 0.3 is 0 Å². The first-order valence-corrected chi connectivity index (χ1v) is 6.55. The summed E-state index contributed by atoms with van der Waals surface area (Å²) in [5.41, 5.74) is 3.78. The molecule has 1 aromatic carbocycles. The highest BCUT2D eigenvalue weighted by molar-refractivity contribution is 5.95. The lowest BCUT2D eigenvalue weighted by Gasteiger charge is -2.03. The Labute approximate surface area is 128 Å². The molecule has 23 heavy (non-hydrogen) atoms. The molecule has 6 nitrogen and oxygen atoms in total. The minimum Gasteiger partial charge on any atom is -0.312 e. The second-order valence-corrected chi connectivity index (χ2v) is 4.78. The summed E-state index contributed by atoms with van der Waals surface area (Å²) in [5, 5.41) is 4.04. The minimum atomic E-state index is -0.971. The van der Waals surface area contributed by atoms with Crippen molar-refractivity contribution in [2.75, 3.05) is 5.43 Å². The molecule has 118 valence electrons. The van der Waals surface area contributed by atoms with E-state index in [0.717, 1.165) is 24.5 Å². The van der Waals surface area contributed by atoms with Gasteiger partial charge in [0.05, 0.1) is 23.4 Å². The number of hydrogen-bond donors (Lipinski definition) is 1. The number of benzene rings is 1. The van der Waals surface area contributed by atoms with Crippen molar-refractivity contribution < 1.29 is 13.2 Å². The zero-order valence-corrected chi connectivity index (χ0v) is 12.2. The van der Waals surface area contributed by atoms with Crippen molar-refractivity contribution in [3.8, 4) is 0 Å². The summed E-state index contributed by atoms with van der Waals surface area (Å²) in [6.07, 6.45) is 2.06. The van der Waals surface area contributed by atoms with E-state index in [0.29, 0.717) is 16.7 Å². The molecule has 0 bridgehead atoms. The van der Waals surface area contributed by atoms with Gasteiger partial charge in [-0.25, -0.2) is 33.5 Å². The van der Waals surface area contributed by atoms with E-state index >= 15 is 0 Å². The Morgan fingerprint density at radius 3 is 2.48 bits per heavy atom. The number of anilines is 1. The van der Waals surface area contributed by atoms with Gasteiger partial charge in [0.25, 0.3) is 0 Å². The second-order valence-electron chi connectivity index (χ2n) is 4.78. The van der Waals surface area contributed by atoms with Crippen molar-refractivity contribution in [1.82, 2.24) is 19.5 Å². The van der Waals surface area contributed by atoms with E-state index < -0.39 is 17.5 Å². The van der Waals surface area contributed by atoms with Gasteiger partial charge in [0.1, 0.15) is 5.71 Å². The van der Waals surface area contributed by atoms with E-state index in [-0.39, 0.29) is 11.8 Å². The van der Waals surface area contributed by atoms with Crippen LogP contribution < -0.4 is 5.43 Å². The van der Waals surface area contributed by atoms with Gasteiger partial charge in [-0.1, -0.05) is 0 Å². The van der Waals surface area contributed by atoms with E-state index in [4.69, 9.17) is 0 Å². The van der Waals surface area contributed by atoms with E-state index in [1.54, 1.807) is 14.0 Å². The van der Waals surface area contributed by atoms with Crippen LogP contribution in [0.25, 0.3) is 11.0 Å². The number of rotatable bonds is 3. The third-order valence-electron chi connectivity index (χ3n) is 3.19. The highest BCUT2D eigenvalue weighted by Crippen LogP contribution is 2.21. The number of hydrazone groups is 1. The molecule has 3 rings (SSSR count). The second kappa shape index (κ2) is 5.67. The molecule has 0 saturated heterocycles. The van der Waals surface area contributed by atoms with Crippen molar-refractivity contribution in [2.45, 2.75) is 6.92 Å². The Morgan fingerprint density at radius 1 is 1.13 bits per heavy atom. The smallest absolute Gasteiger partial charge is 0.224 e. The van der Waals surface area contributed by atoms with Crippen LogP contribution in [0.15, 0.2) is 29.6 Å². The highest BCUT2D eigenvalue weighted by atomic mass is 19.2. The molecule has 0 fully saturated rings. The molecular weight excluding hydrogens is 309 g/mol. The van der Waals surface area contributed by atoms with Crippen LogP contribution in [0.3, 0.4) is 0 Å². The van der Waals surface area contributed by atoms with Crippen LogP contribution in [-0.2, 0) is 7.05 Å². The Morgan fingerprint density at radius 2 is 1.78 bits per heavy atom. The summed E-state index contributed by atoms with van der Waals surface area (Å²) in [4.78, 5) is 11.7. The van der Waals surface area contributed by atoms with E-state index in [1.165, 1.54) is 4.57 Å². The maximum Gasteiger partial charge on any atom is 0.224 e. The normalized spacial score (nSPS) is 12.0.